The minimum atomic E-state index is -0.264. The number of nitrogens with zero attached hydrogens (tertiary/aromatic N) is 3. The quantitative estimate of drug-likeness (QED) is 0.869. The van der Waals surface area contributed by atoms with Crippen molar-refractivity contribution in [1.29, 1.82) is 0 Å². The van der Waals surface area contributed by atoms with Crippen molar-refractivity contribution in [3.05, 3.63) is 47.4 Å². The van der Waals surface area contributed by atoms with Crippen LogP contribution in [0.3, 0.4) is 0 Å². The molecular weight excluding hydrogens is 309 g/mol. The van der Waals surface area contributed by atoms with Gasteiger partial charge in [0.05, 0.1) is 24.2 Å². The Labute approximate surface area is 139 Å². The Morgan fingerprint density at radius 2 is 1.96 bits per heavy atom. The summed E-state index contributed by atoms with van der Waals surface area (Å²) in [4.78, 5) is 17.1. The number of carbonyl (C=O) groups excluding carboxylic acids is 1. The van der Waals surface area contributed by atoms with Crippen molar-refractivity contribution >= 4 is 17.3 Å². The predicted octanol–water partition coefficient (Wildman–Crippen LogP) is 3.28. The van der Waals surface area contributed by atoms with Gasteiger partial charge in [0.15, 0.2) is 11.6 Å². The number of aromatic nitrogens is 2. The lowest BCUT2D eigenvalue weighted by Crippen LogP contribution is -2.22. The first kappa shape index (κ1) is 15.2. The number of aliphatic imine (C=N–C) groups is 1. The van der Waals surface area contributed by atoms with Crippen LogP contribution in [0.15, 0.2) is 35.5 Å². The molecule has 2 aliphatic heterocycles. The summed E-state index contributed by atoms with van der Waals surface area (Å²) >= 11 is 0. The van der Waals surface area contributed by atoms with Gasteiger partial charge in [-0.2, -0.15) is 5.10 Å². The monoisotopic (exact) mass is 327 g/mol. The molecule has 0 saturated carbocycles. The minimum absolute atomic E-state index is 0.0513. The maximum absolute atomic E-state index is 13.0. The van der Waals surface area contributed by atoms with E-state index in [1.54, 1.807) is 18.3 Å². The second-order valence-corrected chi connectivity index (χ2v) is 6.25. The van der Waals surface area contributed by atoms with Crippen LogP contribution in [0.5, 0.6) is 0 Å². The molecule has 1 saturated heterocycles. The zero-order chi connectivity index (χ0) is 16.5. The van der Waals surface area contributed by atoms with Gasteiger partial charge in [0.1, 0.15) is 5.82 Å². The van der Waals surface area contributed by atoms with E-state index in [1.165, 1.54) is 12.1 Å². The average Bonchev–Trinajstić information content (AvgIpc) is 3.02. The highest BCUT2D eigenvalue weighted by Crippen LogP contribution is 2.32. The summed E-state index contributed by atoms with van der Waals surface area (Å²) in [5, 5.41) is 4.41. The van der Waals surface area contributed by atoms with Crippen LogP contribution in [-0.4, -0.2) is 34.5 Å². The molecular formula is C18H18FN3O2. The van der Waals surface area contributed by atoms with Gasteiger partial charge < -0.3 is 4.74 Å². The number of ether oxygens (including phenoxy) is 1. The number of hydrogen-bond donors (Lipinski definition) is 0. The minimum Gasteiger partial charge on any atom is -0.381 e. The van der Waals surface area contributed by atoms with Crippen LogP contribution < -0.4 is 0 Å². The number of fused-ring (bicyclic) bond motifs is 1. The fourth-order valence-corrected chi connectivity index (χ4v) is 3.27. The molecule has 0 unspecified atom stereocenters. The van der Waals surface area contributed by atoms with Crippen molar-refractivity contribution in [2.24, 2.45) is 4.99 Å². The Morgan fingerprint density at radius 3 is 2.71 bits per heavy atom. The first-order valence-electron chi connectivity index (χ1n) is 8.20. The second kappa shape index (κ2) is 6.28. The zero-order valence-corrected chi connectivity index (χ0v) is 13.2. The average molecular weight is 327 g/mol. The summed E-state index contributed by atoms with van der Waals surface area (Å²) in [5.74, 6) is 0.450. The molecule has 1 aromatic carbocycles. The van der Waals surface area contributed by atoms with E-state index >= 15 is 0 Å². The topological polar surface area (TPSA) is 56.5 Å². The maximum atomic E-state index is 13.0. The lowest BCUT2D eigenvalue weighted by atomic mass is 9.99. The van der Waals surface area contributed by atoms with Crippen molar-refractivity contribution in [1.82, 2.24) is 9.78 Å². The summed E-state index contributed by atoms with van der Waals surface area (Å²) in [7, 11) is 0. The Morgan fingerprint density at radius 1 is 1.21 bits per heavy atom. The summed E-state index contributed by atoms with van der Waals surface area (Å²) in [6, 6.07) is 6.54. The van der Waals surface area contributed by atoms with E-state index in [9.17, 15) is 9.18 Å². The highest BCUT2D eigenvalue weighted by atomic mass is 19.1. The first-order valence-corrected chi connectivity index (χ1v) is 8.20. The molecule has 5 nitrogen and oxygen atoms in total. The van der Waals surface area contributed by atoms with E-state index in [0.717, 1.165) is 24.1 Å². The number of rotatable bonds is 3. The second-order valence-electron chi connectivity index (χ2n) is 6.25. The summed E-state index contributed by atoms with van der Waals surface area (Å²) < 4.78 is 20.3. The third-order valence-corrected chi connectivity index (χ3v) is 4.56. The number of carbonyl (C=O) groups is 1. The molecule has 24 heavy (non-hydrogen) atoms. The van der Waals surface area contributed by atoms with Gasteiger partial charge >= 0.3 is 0 Å². The van der Waals surface area contributed by atoms with Crippen LogP contribution >= 0.6 is 0 Å². The molecule has 124 valence electrons. The fourth-order valence-electron chi connectivity index (χ4n) is 3.27. The van der Waals surface area contributed by atoms with Gasteiger partial charge in [-0.1, -0.05) is 12.1 Å². The summed E-state index contributed by atoms with van der Waals surface area (Å²) in [6.45, 7) is 1.42. The van der Waals surface area contributed by atoms with Gasteiger partial charge in [0.25, 0.3) is 0 Å². The van der Waals surface area contributed by atoms with Gasteiger partial charge in [0, 0.05) is 25.3 Å². The predicted molar refractivity (Wildman–Crippen MR) is 87.5 cm³/mol. The number of benzene rings is 1. The molecule has 1 aromatic heterocycles. The third kappa shape index (κ3) is 2.89. The molecule has 0 radical (unpaired) electrons. The maximum Gasteiger partial charge on any atom is 0.173 e. The van der Waals surface area contributed by atoms with Crippen LogP contribution in [0.2, 0.25) is 0 Å². The number of hydrogen-bond acceptors (Lipinski definition) is 4. The molecule has 0 N–H and O–H groups in total. The molecule has 2 aromatic rings. The molecule has 0 spiro atoms. The lowest BCUT2D eigenvalue weighted by molar-refractivity contribution is 0.0667. The van der Waals surface area contributed by atoms with Crippen LogP contribution in [0.1, 0.15) is 41.2 Å². The smallest absolute Gasteiger partial charge is 0.173 e. The van der Waals surface area contributed by atoms with Crippen molar-refractivity contribution in [2.75, 3.05) is 13.2 Å². The van der Waals surface area contributed by atoms with E-state index in [1.807, 2.05) is 4.68 Å². The van der Waals surface area contributed by atoms with E-state index in [0.29, 0.717) is 37.4 Å². The Kier molecular flexibility index (Phi) is 3.98. The Balaban J connectivity index is 1.63. The number of ketones is 1. The van der Waals surface area contributed by atoms with E-state index in [4.69, 9.17) is 9.73 Å². The van der Waals surface area contributed by atoms with Gasteiger partial charge in [-0.3, -0.25) is 4.79 Å². The highest BCUT2D eigenvalue weighted by molar-refractivity contribution is 6.15. The Bertz CT molecular complexity index is 789. The number of Topliss-reactive ketones (excluding diaryl/α,β-unsaturated/α-hetero) is 1. The van der Waals surface area contributed by atoms with E-state index in [2.05, 4.69) is 5.10 Å². The standard InChI is InChI=1S/C18H18FN3O2/c19-13-3-1-12(2-4-13)9-14-10-17(23)16-11-20-22(18(16)21-14)15-5-7-24-8-6-15/h1-4,11,15H,5-10H2. The SMILES string of the molecule is O=C1CC(Cc2ccc(F)cc2)=Nc2c1cnn2C1CCOCC1. The van der Waals surface area contributed by atoms with Crippen molar-refractivity contribution in [3.63, 3.8) is 0 Å². The molecule has 3 heterocycles. The molecule has 0 amide bonds. The van der Waals surface area contributed by atoms with Gasteiger partial charge in [-0.15, -0.1) is 0 Å². The molecule has 6 heteroatoms. The molecule has 2 aliphatic rings. The molecule has 0 atom stereocenters. The van der Waals surface area contributed by atoms with Crippen molar-refractivity contribution in [3.8, 4) is 0 Å². The molecule has 0 aliphatic carbocycles. The summed E-state index contributed by atoms with van der Waals surface area (Å²) in [6.07, 6.45) is 4.23. The van der Waals surface area contributed by atoms with Crippen LogP contribution in [-0.2, 0) is 11.2 Å². The van der Waals surface area contributed by atoms with Crippen LogP contribution in [0.4, 0.5) is 10.2 Å². The molecule has 0 bridgehead atoms. The van der Waals surface area contributed by atoms with Crippen molar-refractivity contribution < 1.29 is 13.9 Å². The zero-order valence-electron chi connectivity index (χ0n) is 13.2. The van der Waals surface area contributed by atoms with Gasteiger partial charge in [-0.25, -0.2) is 14.1 Å². The number of halogens is 1. The third-order valence-electron chi connectivity index (χ3n) is 4.56. The van der Waals surface area contributed by atoms with Gasteiger partial charge in [-0.05, 0) is 30.5 Å². The largest absolute Gasteiger partial charge is 0.381 e. The van der Waals surface area contributed by atoms with Crippen molar-refractivity contribution in [2.45, 2.75) is 31.7 Å². The first-order chi connectivity index (χ1) is 11.7. The lowest BCUT2D eigenvalue weighted by Gasteiger charge is -2.24. The Hall–Kier alpha value is -2.34. The molecule has 4 rings (SSSR count). The van der Waals surface area contributed by atoms with Crippen LogP contribution in [0.25, 0.3) is 0 Å². The normalized spacial score (nSPS) is 18.4. The molecule has 1 fully saturated rings. The summed E-state index contributed by atoms with van der Waals surface area (Å²) in [5.41, 5.74) is 2.35. The van der Waals surface area contributed by atoms with E-state index in [-0.39, 0.29) is 17.6 Å². The van der Waals surface area contributed by atoms with Gasteiger partial charge in [0.2, 0.25) is 0 Å². The van der Waals surface area contributed by atoms with E-state index < -0.39 is 0 Å². The fraction of sp³-hybridized carbons (Fsp3) is 0.389. The highest BCUT2D eigenvalue weighted by Gasteiger charge is 2.28. The van der Waals surface area contributed by atoms with Crippen LogP contribution in [0, 0.1) is 5.82 Å².